The van der Waals surface area contributed by atoms with Crippen LogP contribution in [0.3, 0.4) is 0 Å². The first-order valence-electron chi connectivity index (χ1n) is 10.1. The lowest BCUT2D eigenvalue weighted by Gasteiger charge is -2.45. The number of fused-ring (bicyclic) bond motifs is 2. The Labute approximate surface area is 179 Å². The van der Waals surface area contributed by atoms with Crippen LogP contribution in [0.15, 0.2) is 5.38 Å². The molecule has 1 aromatic rings. The number of carbonyl (C=O) groups is 1. The van der Waals surface area contributed by atoms with Crippen molar-refractivity contribution in [2.24, 2.45) is 23.5 Å². The lowest BCUT2D eigenvalue weighted by Crippen LogP contribution is -2.50. The van der Waals surface area contributed by atoms with E-state index < -0.39 is 0 Å². The Hall–Kier alpha value is -0.360. The second-order valence-electron chi connectivity index (χ2n) is 8.35. The van der Waals surface area contributed by atoms with E-state index in [0.717, 1.165) is 38.8 Å². The highest BCUT2D eigenvalue weighted by Gasteiger charge is 2.42. The van der Waals surface area contributed by atoms with Crippen molar-refractivity contribution in [1.29, 1.82) is 0 Å². The van der Waals surface area contributed by atoms with Gasteiger partial charge in [0, 0.05) is 36.3 Å². The predicted molar refractivity (Wildman–Crippen MR) is 116 cm³/mol. The second-order valence-corrected chi connectivity index (χ2v) is 9.24. The lowest BCUT2D eigenvalue weighted by atomic mass is 9.65. The van der Waals surface area contributed by atoms with Crippen molar-refractivity contribution < 1.29 is 4.79 Å². The molecule has 2 saturated carbocycles. The molecular weight excluding hydrogens is 401 g/mol. The van der Waals surface area contributed by atoms with Gasteiger partial charge in [0.15, 0.2) is 0 Å². The Morgan fingerprint density at radius 2 is 1.93 bits per heavy atom. The standard InChI is InChI=1S/C20H31N3OS.2ClH/c1-2-17-12-25-19(22-17)15-7-4-8-23(11-15)20(24)16-9-13-5-3-6-14(10-16)18(13)21;;/h12-16,18H,2-11,21H2,1H3;2*1H. The first-order chi connectivity index (χ1) is 12.2. The number of amides is 1. The summed E-state index contributed by atoms with van der Waals surface area (Å²) < 4.78 is 0. The highest BCUT2D eigenvalue weighted by Crippen LogP contribution is 2.43. The molecule has 3 aliphatic rings. The van der Waals surface area contributed by atoms with Gasteiger partial charge in [-0.05, 0) is 56.8 Å². The molecule has 2 aliphatic carbocycles. The quantitative estimate of drug-likeness (QED) is 0.767. The maximum absolute atomic E-state index is 13.2. The lowest BCUT2D eigenvalue weighted by molar-refractivity contribution is -0.139. The number of nitrogens with zero attached hydrogens (tertiary/aromatic N) is 2. The van der Waals surface area contributed by atoms with E-state index in [1.165, 1.54) is 36.4 Å². The molecule has 0 aromatic carbocycles. The molecule has 27 heavy (non-hydrogen) atoms. The summed E-state index contributed by atoms with van der Waals surface area (Å²) in [4.78, 5) is 20.1. The van der Waals surface area contributed by atoms with Crippen molar-refractivity contribution >= 4 is 42.1 Å². The van der Waals surface area contributed by atoms with E-state index in [1.807, 2.05) is 0 Å². The number of rotatable bonds is 3. The van der Waals surface area contributed by atoms with Crippen LogP contribution in [0.1, 0.15) is 68.5 Å². The highest BCUT2D eigenvalue weighted by atomic mass is 35.5. The first kappa shape index (κ1) is 22.9. The maximum Gasteiger partial charge on any atom is 0.225 e. The summed E-state index contributed by atoms with van der Waals surface area (Å²) >= 11 is 1.78. The van der Waals surface area contributed by atoms with Crippen molar-refractivity contribution in [1.82, 2.24) is 9.88 Å². The third-order valence-electron chi connectivity index (χ3n) is 6.78. The third-order valence-corrected chi connectivity index (χ3v) is 7.83. The van der Waals surface area contributed by atoms with E-state index in [4.69, 9.17) is 10.7 Å². The van der Waals surface area contributed by atoms with Gasteiger partial charge in [-0.15, -0.1) is 36.2 Å². The van der Waals surface area contributed by atoms with E-state index in [1.54, 1.807) is 11.3 Å². The molecular formula is C20H33Cl2N3OS. The number of hydrogen-bond donors (Lipinski definition) is 1. The fourth-order valence-corrected chi connectivity index (χ4v) is 6.33. The molecule has 1 aliphatic heterocycles. The highest BCUT2D eigenvalue weighted by molar-refractivity contribution is 7.09. The number of carbonyl (C=O) groups excluding carboxylic acids is 1. The van der Waals surface area contributed by atoms with E-state index in [2.05, 4.69) is 17.2 Å². The number of nitrogens with two attached hydrogens (primary N) is 1. The Kier molecular flexibility index (Phi) is 8.41. The van der Waals surface area contributed by atoms with Crippen LogP contribution in [-0.4, -0.2) is 34.9 Å². The molecule has 1 amide bonds. The van der Waals surface area contributed by atoms with Crippen LogP contribution in [0.4, 0.5) is 0 Å². The second kappa shape index (κ2) is 9.91. The van der Waals surface area contributed by atoms with Gasteiger partial charge in [0.1, 0.15) is 0 Å². The van der Waals surface area contributed by atoms with Crippen LogP contribution < -0.4 is 5.73 Å². The normalized spacial score (nSPS) is 33.0. The Morgan fingerprint density at radius 1 is 1.22 bits per heavy atom. The zero-order valence-electron chi connectivity index (χ0n) is 16.1. The van der Waals surface area contributed by atoms with Crippen molar-refractivity contribution in [3.63, 3.8) is 0 Å². The maximum atomic E-state index is 13.2. The number of halogens is 2. The Bertz CT molecular complexity index is 612. The smallest absolute Gasteiger partial charge is 0.225 e. The van der Waals surface area contributed by atoms with Gasteiger partial charge >= 0.3 is 0 Å². The number of aryl methyl sites for hydroxylation is 1. The number of likely N-dealkylation sites (tertiary alicyclic amines) is 1. The zero-order chi connectivity index (χ0) is 17.4. The summed E-state index contributed by atoms with van der Waals surface area (Å²) in [5.41, 5.74) is 7.60. The number of piperidine rings is 1. The molecule has 2 heterocycles. The van der Waals surface area contributed by atoms with Crippen LogP contribution >= 0.6 is 36.2 Å². The minimum atomic E-state index is 0. The molecule has 1 aromatic heterocycles. The summed E-state index contributed by atoms with van der Waals surface area (Å²) in [6, 6.07) is 0.342. The fraction of sp³-hybridized carbons (Fsp3) is 0.800. The average Bonchev–Trinajstić information content (AvgIpc) is 3.10. The summed E-state index contributed by atoms with van der Waals surface area (Å²) in [6.45, 7) is 3.95. The summed E-state index contributed by atoms with van der Waals surface area (Å²) in [6.07, 6.45) is 9.07. The summed E-state index contributed by atoms with van der Waals surface area (Å²) in [5.74, 6) is 2.21. The number of aromatic nitrogens is 1. The van der Waals surface area contributed by atoms with Crippen LogP contribution in [0.25, 0.3) is 0 Å². The van der Waals surface area contributed by atoms with Crippen LogP contribution in [-0.2, 0) is 11.2 Å². The van der Waals surface area contributed by atoms with Gasteiger partial charge in [-0.25, -0.2) is 4.98 Å². The van der Waals surface area contributed by atoms with Gasteiger partial charge in [-0.2, -0.15) is 0 Å². The fourth-order valence-electron chi connectivity index (χ4n) is 5.30. The molecule has 3 atom stereocenters. The molecule has 3 unspecified atom stereocenters. The van der Waals surface area contributed by atoms with Gasteiger partial charge < -0.3 is 10.6 Å². The molecule has 7 heteroatoms. The third kappa shape index (κ3) is 4.80. The average molecular weight is 434 g/mol. The van der Waals surface area contributed by atoms with Crippen molar-refractivity contribution in [2.45, 2.75) is 70.3 Å². The van der Waals surface area contributed by atoms with E-state index >= 15 is 0 Å². The predicted octanol–water partition coefficient (Wildman–Crippen LogP) is 4.41. The monoisotopic (exact) mass is 433 g/mol. The molecule has 154 valence electrons. The Morgan fingerprint density at radius 3 is 2.56 bits per heavy atom. The minimum Gasteiger partial charge on any atom is -0.342 e. The van der Waals surface area contributed by atoms with E-state index in [0.29, 0.717) is 29.7 Å². The first-order valence-corrected chi connectivity index (χ1v) is 11.0. The number of hydrogen-bond acceptors (Lipinski definition) is 4. The van der Waals surface area contributed by atoms with Gasteiger partial charge in [0.2, 0.25) is 5.91 Å². The van der Waals surface area contributed by atoms with Crippen LogP contribution in [0, 0.1) is 17.8 Å². The molecule has 4 rings (SSSR count). The molecule has 1 saturated heterocycles. The van der Waals surface area contributed by atoms with Crippen LogP contribution in [0.5, 0.6) is 0 Å². The molecule has 0 spiro atoms. The van der Waals surface area contributed by atoms with Crippen molar-refractivity contribution in [3.05, 3.63) is 16.1 Å². The summed E-state index contributed by atoms with van der Waals surface area (Å²) in [7, 11) is 0. The Balaban J connectivity index is 0.00000131. The van der Waals surface area contributed by atoms with Gasteiger partial charge in [0.25, 0.3) is 0 Å². The molecule has 0 radical (unpaired) electrons. The topological polar surface area (TPSA) is 59.2 Å². The molecule has 4 nitrogen and oxygen atoms in total. The van der Waals surface area contributed by atoms with Crippen molar-refractivity contribution in [2.75, 3.05) is 13.1 Å². The largest absolute Gasteiger partial charge is 0.342 e. The van der Waals surface area contributed by atoms with E-state index in [-0.39, 0.29) is 30.7 Å². The van der Waals surface area contributed by atoms with Crippen LogP contribution in [0.2, 0.25) is 0 Å². The molecule has 2 N–H and O–H groups in total. The summed E-state index contributed by atoms with van der Waals surface area (Å²) in [5, 5.41) is 3.41. The van der Waals surface area contributed by atoms with Gasteiger partial charge in [0.05, 0.1) is 10.7 Å². The van der Waals surface area contributed by atoms with Gasteiger partial charge in [-0.3, -0.25) is 4.79 Å². The molecule has 3 fully saturated rings. The van der Waals surface area contributed by atoms with E-state index in [9.17, 15) is 4.79 Å². The van der Waals surface area contributed by atoms with Gasteiger partial charge in [-0.1, -0.05) is 13.3 Å². The SMILES string of the molecule is CCc1csc(C2CCCN(C(=O)C3CC4CCCC(C3)C4N)C2)n1.Cl.Cl. The van der Waals surface area contributed by atoms with Crippen molar-refractivity contribution in [3.8, 4) is 0 Å². The number of thiazole rings is 1. The molecule has 2 bridgehead atoms. The minimum absolute atomic E-state index is 0. The zero-order valence-corrected chi connectivity index (χ0v) is 18.6.